The summed E-state index contributed by atoms with van der Waals surface area (Å²) in [6.45, 7) is 10.8. The predicted molar refractivity (Wildman–Crippen MR) is 115 cm³/mol. The quantitative estimate of drug-likeness (QED) is 0.595. The first-order valence-corrected chi connectivity index (χ1v) is 10.7. The number of amides is 1. The molecule has 28 heavy (non-hydrogen) atoms. The van der Waals surface area contributed by atoms with Crippen LogP contribution in [0, 0.1) is 13.8 Å². The van der Waals surface area contributed by atoms with Crippen LogP contribution < -0.4 is 10.2 Å². The summed E-state index contributed by atoms with van der Waals surface area (Å²) in [7, 11) is 2.16. The smallest absolute Gasteiger partial charge is 0.251 e. The fourth-order valence-electron chi connectivity index (χ4n) is 3.14. The molecule has 1 amide bonds. The van der Waals surface area contributed by atoms with Gasteiger partial charge in [0.25, 0.3) is 5.91 Å². The Morgan fingerprint density at radius 2 is 1.79 bits per heavy atom. The zero-order chi connectivity index (χ0) is 20.1. The molecule has 1 aliphatic heterocycles. The summed E-state index contributed by atoms with van der Waals surface area (Å²) in [6, 6.07) is 7.75. The summed E-state index contributed by atoms with van der Waals surface area (Å²) in [5, 5.41) is 3.63. The van der Waals surface area contributed by atoms with Crippen LogP contribution >= 0.6 is 11.8 Å². The number of aryl methyl sites for hydroxylation is 1. The van der Waals surface area contributed by atoms with Crippen molar-refractivity contribution in [2.75, 3.05) is 44.7 Å². The summed E-state index contributed by atoms with van der Waals surface area (Å²) in [4.78, 5) is 26.1. The summed E-state index contributed by atoms with van der Waals surface area (Å²) in [5.41, 5.74) is 4.05. The van der Waals surface area contributed by atoms with E-state index in [0.29, 0.717) is 12.1 Å². The van der Waals surface area contributed by atoms with E-state index in [4.69, 9.17) is 4.98 Å². The van der Waals surface area contributed by atoms with Gasteiger partial charge in [0.1, 0.15) is 5.82 Å². The van der Waals surface area contributed by atoms with Crippen molar-refractivity contribution >= 4 is 23.5 Å². The molecule has 150 valence electrons. The van der Waals surface area contributed by atoms with E-state index in [-0.39, 0.29) is 5.91 Å². The lowest BCUT2D eigenvalue weighted by molar-refractivity contribution is 0.0956. The molecule has 0 aliphatic carbocycles. The minimum atomic E-state index is -0.0315. The molecule has 2 aromatic rings. The van der Waals surface area contributed by atoms with Crippen LogP contribution in [0.2, 0.25) is 0 Å². The van der Waals surface area contributed by atoms with Crippen LogP contribution in [-0.2, 0) is 5.75 Å². The maximum Gasteiger partial charge on any atom is 0.251 e. The van der Waals surface area contributed by atoms with Gasteiger partial charge in [-0.25, -0.2) is 9.97 Å². The largest absolute Gasteiger partial charge is 0.354 e. The van der Waals surface area contributed by atoms with Crippen molar-refractivity contribution < 1.29 is 4.79 Å². The Hall–Kier alpha value is -2.12. The van der Waals surface area contributed by atoms with E-state index >= 15 is 0 Å². The average molecular weight is 400 g/mol. The molecule has 0 atom stereocenters. The molecule has 3 rings (SSSR count). The normalized spacial score (nSPS) is 14.9. The third-order valence-corrected chi connectivity index (χ3v) is 5.99. The van der Waals surface area contributed by atoms with Crippen molar-refractivity contribution in [2.24, 2.45) is 0 Å². The lowest BCUT2D eigenvalue weighted by Crippen LogP contribution is -2.45. The number of hydrogen-bond acceptors (Lipinski definition) is 6. The molecule has 1 saturated heterocycles. The average Bonchev–Trinajstić information content (AvgIpc) is 2.70. The second kappa shape index (κ2) is 9.39. The topological polar surface area (TPSA) is 61.4 Å². The van der Waals surface area contributed by atoms with Gasteiger partial charge in [0.15, 0.2) is 5.16 Å². The van der Waals surface area contributed by atoms with Crippen molar-refractivity contribution in [3.8, 4) is 0 Å². The number of rotatable bonds is 6. The molecule has 1 fully saturated rings. The molecule has 2 heterocycles. The number of anilines is 1. The fraction of sp³-hybridized carbons (Fsp3) is 0.476. The first-order chi connectivity index (χ1) is 13.5. The molecule has 0 saturated carbocycles. The second-order valence-corrected chi connectivity index (χ2v) is 8.12. The molecule has 6 nitrogen and oxygen atoms in total. The highest BCUT2D eigenvalue weighted by Crippen LogP contribution is 2.26. The third kappa shape index (κ3) is 5.02. The molecule has 0 radical (unpaired) electrons. The number of carbonyl (C=O) groups excluding carboxylic acids is 1. The van der Waals surface area contributed by atoms with Gasteiger partial charge in [-0.2, -0.15) is 0 Å². The van der Waals surface area contributed by atoms with Crippen molar-refractivity contribution in [1.82, 2.24) is 20.2 Å². The number of nitrogens with one attached hydrogen (secondary N) is 1. The Morgan fingerprint density at radius 3 is 2.43 bits per heavy atom. The van der Waals surface area contributed by atoms with Crippen molar-refractivity contribution in [3.63, 3.8) is 0 Å². The molecular formula is C21H29N5OS. The molecular weight excluding hydrogens is 370 g/mol. The summed E-state index contributed by atoms with van der Waals surface area (Å²) in [6.07, 6.45) is 0. The minimum Gasteiger partial charge on any atom is -0.354 e. The van der Waals surface area contributed by atoms with E-state index in [1.165, 1.54) is 5.56 Å². The van der Waals surface area contributed by atoms with Crippen LogP contribution in [0.4, 0.5) is 5.82 Å². The van der Waals surface area contributed by atoms with E-state index in [2.05, 4.69) is 41.0 Å². The summed E-state index contributed by atoms with van der Waals surface area (Å²) < 4.78 is 0. The summed E-state index contributed by atoms with van der Waals surface area (Å²) >= 11 is 1.64. The highest BCUT2D eigenvalue weighted by Gasteiger charge is 2.19. The Kier molecular flexibility index (Phi) is 6.91. The van der Waals surface area contributed by atoms with Gasteiger partial charge in [0.05, 0.1) is 0 Å². The van der Waals surface area contributed by atoms with Gasteiger partial charge in [-0.05, 0) is 45.5 Å². The maximum absolute atomic E-state index is 11.9. The van der Waals surface area contributed by atoms with Gasteiger partial charge in [-0.3, -0.25) is 4.79 Å². The van der Waals surface area contributed by atoms with Gasteiger partial charge in [-0.15, -0.1) is 0 Å². The fourth-order valence-corrected chi connectivity index (χ4v) is 3.98. The highest BCUT2D eigenvalue weighted by atomic mass is 32.2. The van der Waals surface area contributed by atoms with Gasteiger partial charge < -0.3 is 15.1 Å². The number of thioether (sulfide) groups is 1. The zero-order valence-electron chi connectivity index (χ0n) is 17.2. The van der Waals surface area contributed by atoms with Crippen LogP contribution in [0.15, 0.2) is 29.4 Å². The zero-order valence-corrected chi connectivity index (χ0v) is 18.0. The molecule has 0 bridgehead atoms. The van der Waals surface area contributed by atoms with E-state index in [1.54, 1.807) is 11.8 Å². The number of nitrogens with zero attached hydrogens (tertiary/aromatic N) is 4. The monoisotopic (exact) mass is 399 g/mol. The molecule has 1 aliphatic rings. The van der Waals surface area contributed by atoms with Crippen molar-refractivity contribution in [1.29, 1.82) is 0 Å². The Bertz CT molecular complexity index is 816. The van der Waals surface area contributed by atoms with Crippen molar-refractivity contribution in [3.05, 3.63) is 46.6 Å². The number of piperazine rings is 1. The molecule has 0 unspecified atom stereocenters. The maximum atomic E-state index is 11.9. The van der Waals surface area contributed by atoms with E-state index in [9.17, 15) is 4.79 Å². The van der Waals surface area contributed by atoms with Crippen molar-refractivity contribution in [2.45, 2.75) is 31.7 Å². The van der Waals surface area contributed by atoms with Crippen LogP contribution in [0.5, 0.6) is 0 Å². The van der Waals surface area contributed by atoms with Crippen LogP contribution in [0.25, 0.3) is 0 Å². The molecule has 7 heteroatoms. The number of likely N-dealkylation sites (N-methyl/N-ethyl adjacent to an activating group) is 1. The first-order valence-electron chi connectivity index (χ1n) is 9.76. The van der Waals surface area contributed by atoms with E-state index in [0.717, 1.165) is 54.2 Å². The Balaban J connectivity index is 1.68. The number of carbonyl (C=O) groups is 1. The number of aromatic nitrogens is 2. The number of hydrogen-bond donors (Lipinski definition) is 1. The standard InChI is InChI=1S/C21H29N5OS/c1-5-22-20(27)18-8-6-17(7-9-18)14-28-21-23-16(3)15(2)19(24-21)26-12-10-25(4)11-13-26/h6-9H,5,10-14H2,1-4H3,(H,22,27). The van der Waals surface area contributed by atoms with Gasteiger partial charge in [-0.1, -0.05) is 23.9 Å². The Morgan fingerprint density at radius 1 is 1.11 bits per heavy atom. The molecule has 0 spiro atoms. The Labute approximate surface area is 171 Å². The second-order valence-electron chi connectivity index (χ2n) is 7.18. The third-order valence-electron chi connectivity index (χ3n) is 5.07. The molecule has 1 N–H and O–H groups in total. The minimum absolute atomic E-state index is 0.0315. The molecule has 1 aromatic heterocycles. The first kappa shape index (κ1) is 20.6. The summed E-state index contributed by atoms with van der Waals surface area (Å²) in [5.74, 6) is 1.81. The van der Waals surface area contributed by atoms with Gasteiger partial charge >= 0.3 is 0 Å². The lowest BCUT2D eigenvalue weighted by Gasteiger charge is -2.34. The van der Waals surface area contributed by atoms with Gasteiger partial charge in [0, 0.05) is 55.3 Å². The van der Waals surface area contributed by atoms with E-state index < -0.39 is 0 Å². The van der Waals surface area contributed by atoms with Crippen LogP contribution in [0.3, 0.4) is 0 Å². The van der Waals surface area contributed by atoms with Crippen LogP contribution in [-0.4, -0.2) is 60.5 Å². The number of benzene rings is 1. The van der Waals surface area contributed by atoms with Crippen LogP contribution in [0.1, 0.15) is 34.1 Å². The van der Waals surface area contributed by atoms with Gasteiger partial charge in [0.2, 0.25) is 0 Å². The predicted octanol–water partition coefficient (Wildman–Crippen LogP) is 2.89. The highest BCUT2D eigenvalue weighted by molar-refractivity contribution is 7.98. The molecule has 1 aromatic carbocycles. The van der Waals surface area contributed by atoms with E-state index in [1.807, 2.05) is 31.2 Å². The SMILES string of the molecule is CCNC(=O)c1ccc(CSc2nc(C)c(C)c(N3CCN(C)CC3)n2)cc1. The lowest BCUT2D eigenvalue weighted by atomic mass is 10.1.